The molecule has 0 saturated heterocycles. The molecule has 0 spiro atoms. The molecule has 3 aromatic heterocycles. The summed E-state index contributed by atoms with van der Waals surface area (Å²) in [4.78, 5) is 15.9. The first-order valence-electron chi connectivity index (χ1n) is 8.53. The highest BCUT2D eigenvalue weighted by Gasteiger charge is 2.33. The van der Waals surface area contributed by atoms with Gasteiger partial charge in [0.05, 0.1) is 6.10 Å². The Balaban J connectivity index is 1.81. The lowest BCUT2D eigenvalue weighted by molar-refractivity contribution is -0.141. The highest BCUT2D eigenvalue weighted by atomic mass is 19.4. The average molecular weight is 389 g/mol. The number of halogens is 3. The van der Waals surface area contributed by atoms with Gasteiger partial charge in [0.25, 0.3) is 0 Å². The van der Waals surface area contributed by atoms with E-state index < -0.39 is 11.9 Å². The molecule has 0 bridgehead atoms. The van der Waals surface area contributed by atoms with Crippen molar-refractivity contribution in [1.29, 1.82) is 0 Å². The maximum atomic E-state index is 13.2. The van der Waals surface area contributed by atoms with Gasteiger partial charge >= 0.3 is 6.18 Å². The van der Waals surface area contributed by atoms with E-state index in [0.717, 1.165) is 11.6 Å². The predicted octanol–water partition coefficient (Wildman–Crippen LogP) is 4.35. The molecular formula is C19H18F3N5O. The Kier molecular flexibility index (Phi) is 5.72. The van der Waals surface area contributed by atoms with Gasteiger partial charge in [-0.05, 0) is 31.5 Å². The lowest BCUT2D eigenvalue weighted by atomic mass is 10.2. The lowest BCUT2D eigenvalue weighted by Gasteiger charge is -2.12. The molecule has 0 fully saturated rings. The molecule has 0 atom stereocenters. The molecular weight excluding hydrogens is 371 g/mol. The Bertz CT molecular complexity index is 915. The minimum atomic E-state index is -4.58. The van der Waals surface area contributed by atoms with Crippen LogP contribution >= 0.6 is 0 Å². The van der Waals surface area contributed by atoms with Crippen LogP contribution in [0.3, 0.4) is 0 Å². The molecule has 28 heavy (non-hydrogen) atoms. The van der Waals surface area contributed by atoms with Gasteiger partial charge in [0, 0.05) is 42.8 Å². The molecule has 3 aromatic rings. The minimum Gasteiger partial charge on any atom is -0.475 e. The number of hydrogen-bond acceptors (Lipinski definition) is 6. The molecule has 0 aliphatic rings. The molecule has 6 nitrogen and oxygen atoms in total. The molecule has 3 heterocycles. The van der Waals surface area contributed by atoms with E-state index in [1.165, 1.54) is 12.4 Å². The first-order valence-corrected chi connectivity index (χ1v) is 8.53. The zero-order valence-electron chi connectivity index (χ0n) is 15.2. The quantitative estimate of drug-likeness (QED) is 0.676. The van der Waals surface area contributed by atoms with Crippen LogP contribution in [0.15, 0.2) is 48.9 Å². The van der Waals surface area contributed by atoms with Crippen LogP contribution in [0, 0.1) is 0 Å². The largest absolute Gasteiger partial charge is 0.475 e. The van der Waals surface area contributed by atoms with Crippen molar-refractivity contribution in [2.75, 3.05) is 5.32 Å². The molecule has 1 N–H and O–H groups in total. The van der Waals surface area contributed by atoms with Crippen molar-refractivity contribution in [3.63, 3.8) is 0 Å². The first kappa shape index (κ1) is 19.5. The third kappa shape index (κ3) is 5.15. The van der Waals surface area contributed by atoms with Crippen LogP contribution < -0.4 is 10.1 Å². The summed E-state index contributed by atoms with van der Waals surface area (Å²) in [5.41, 5.74) is 0.199. The first-order chi connectivity index (χ1) is 13.3. The number of hydrogen-bond donors (Lipinski definition) is 1. The summed E-state index contributed by atoms with van der Waals surface area (Å²) in [6.07, 6.45) is -0.0412. The summed E-state index contributed by atoms with van der Waals surface area (Å²) in [7, 11) is 0. The van der Waals surface area contributed by atoms with Crippen molar-refractivity contribution in [1.82, 2.24) is 19.9 Å². The zero-order chi connectivity index (χ0) is 20.1. The fourth-order valence-electron chi connectivity index (χ4n) is 2.33. The molecule has 0 aliphatic carbocycles. The number of anilines is 1. The maximum absolute atomic E-state index is 13.2. The molecule has 3 rings (SSSR count). The molecule has 9 heteroatoms. The normalized spacial score (nSPS) is 11.5. The number of rotatable bonds is 6. The van der Waals surface area contributed by atoms with Crippen LogP contribution in [0.4, 0.5) is 19.0 Å². The van der Waals surface area contributed by atoms with Crippen molar-refractivity contribution in [2.24, 2.45) is 0 Å². The molecule has 0 aromatic carbocycles. The van der Waals surface area contributed by atoms with Gasteiger partial charge in [-0.25, -0.2) is 15.0 Å². The second-order valence-electron chi connectivity index (χ2n) is 6.22. The average Bonchev–Trinajstić information content (AvgIpc) is 2.67. The third-order valence-corrected chi connectivity index (χ3v) is 3.58. The van der Waals surface area contributed by atoms with Crippen LogP contribution in [0.1, 0.15) is 25.1 Å². The van der Waals surface area contributed by atoms with E-state index in [0.29, 0.717) is 11.4 Å². The van der Waals surface area contributed by atoms with Gasteiger partial charge in [0.2, 0.25) is 5.88 Å². The van der Waals surface area contributed by atoms with E-state index >= 15 is 0 Å². The molecule has 0 radical (unpaired) electrons. The highest BCUT2D eigenvalue weighted by molar-refractivity contribution is 5.57. The van der Waals surface area contributed by atoms with E-state index in [2.05, 4.69) is 25.3 Å². The number of nitrogens with zero attached hydrogens (tertiary/aromatic N) is 4. The molecule has 146 valence electrons. The molecule has 0 saturated carbocycles. The summed E-state index contributed by atoms with van der Waals surface area (Å²) < 4.78 is 45.1. The predicted molar refractivity (Wildman–Crippen MR) is 97.6 cm³/mol. The minimum absolute atomic E-state index is 0.00453. The Morgan fingerprint density at radius 2 is 1.82 bits per heavy atom. The van der Waals surface area contributed by atoms with Crippen molar-refractivity contribution in [2.45, 2.75) is 32.7 Å². The molecule has 0 unspecified atom stereocenters. The van der Waals surface area contributed by atoms with Crippen molar-refractivity contribution >= 4 is 5.82 Å². The van der Waals surface area contributed by atoms with Gasteiger partial charge < -0.3 is 10.1 Å². The summed E-state index contributed by atoms with van der Waals surface area (Å²) in [6, 6.07) is 7.48. The van der Waals surface area contributed by atoms with Crippen molar-refractivity contribution in [3.05, 3.63) is 60.2 Å². The Morgan fingerprint density at radius 1 is 1.07 bits per heavy atom. The standard InChI is InChI=1S/C19H18F3N5O/c1-12(2)28-17-4-3-13(11-25-17)10-24-16-9-15(19(20,21)22)26-18(27-16)14-5-7-23-8-6-14/h3-9,11-12H,10H2,1-2H3,(H,24,26,27). The summed E-state index contributed by atoms with van der Waals surface area (Å²) in [5.74, 6) is 0.523. The van der Waals surface area contributed by atoms with Gasteiger partial charge in [-0.3, -0.25) is 4.98 Å². The zero-order valence-corrected chi connectivity index (χ0v) is 15.2. The number of ether oxygens (including phenoxy) is 1. The van der Waals surface area contributed by atoms with Gasteiger partial charge in [0.1, 0.15) is 5.82 Å². The van der Waals surface area contributed by atoms with Gasteiger partial charge in [0.15, 0.2) is 11.5 Å². The summed E-state index contributed by atoms with van der Waals surface area (Å²) >= 11 is 0. The molecule has 0 aliphatic heterocycles. The topological polar surface area (TPSA) is 72.8 Å². The monoisotopic (exact) mass is 389 g/mol. The second kappa shape index (κ2) is 8.20. The lowest BCUT2D eigenvalue weighted by Crippen LogP contribution is -2.12. The van der Waals surface area contributed by atoms with E-state index in [1.54, 1.807) is 30.5 Å². The SMILES string of the molecule is CC(C)Oc1ccc(CNc2cc(C(F)(F)F)nc(-c3ccncc3)n2)cn1. The fourth-order valence-corrected chi connectivity index (χ4v) is 2.33. The smallest absolute Gasteiger partial charge is 0.433 e. The second-order valence-corrected chi connectivity index (χ2v) is 6.22. The fraction of sp³-hybridized carbons (Fsp3) is 0.263. The van der Waals surface area contributed by atoms with Crippen LogP contribution in [0.5, 0.6) is 5.88 Å². The number of aromatic nitrogens is 4. The summed E-state index contributed by atoms with van der Waals surface area (Å²) in [5, 5.41) is 2.90. The van der Waals surface area contributed by atoms with Gasteiger partial charge in [-0.1, -0.05) is 6.07 Å². The number of nitrogens with one attached hydrogen (secondary N) is 1. The molecule has 0 amide bonds. The highest BCUT2D eigenvalue weighted by Crippen LogP contribution is 2.30. The van der Waals surface area contributed by atoms with Crippen LogP contribution in [0.2, 0.25) is 0 Å². The maximum Gasteiger partial charge on any atom is 0.433 e. The van der Waals surface area contributed by atoms with E-state index in [1.807, 2.05) is 13.8 Å². The van der Waals surface area contributed by atoms with E-state index in [-0.39, 0.29) is 24.3 Å². The third-order valence-electron chi connectivity index (χ3n) is 3.58. The van der Waals surface area contributed by atoms with Crippen LogP contribution in [0.25, 0.3) is 11.4 Å². The number of alkyl halides is 3. The van der Waals surface area contributed by atoms with E-state index in [9.17, 15) is 13.2 Å². The van der Waals surface area contributed by atoms with E-state index in [4.69, 9.17) is 4.74 Å². The summed E-state index contributed by atoms with van der Waals surface area (Å²) in [6.45, 7) is 4.04. The van der Waals surface area contributed by atoms with Crippen molar-refractivity contribution in [3.8, 4) is 17.3 Å². The van der Waals surface area contributed by atoms with Gasteiger partial charge in [-0.2, -0.15) is 13.2 Å². The van der Waals surface area contributed by atoms with Crippen LogP contribution in [-0.2, 0) is 12.7 Å². The number of pyridine rings is 2. The Morgan fingerprint density at radius 3 is 2.43 bits per heavy atom. The Labute approximate surface area is 159 Å². The van der Waals surface area contributed by atoms with Gasteiger partial charge in [-0.15, -0.1) is 0 Å². The van der Waals surface area contributed by atoms with Crippen molar-refractivity contribution < 1.29 is 17.9 Å². The van der Waals surface area contributed by atoms with Crippen LogP contribution in [-0.4, -0.2) is 26.0 Å². The Hall–Kier alpha value is -3.23.